The number of hydrogen-bond acceptors (Lipinski definition) is 5. The van der Waals surface area contributed by atoms with Gasteiger partial charge in [0.2, 0.25) is 5.91 Å². The van der Waals surface area contributed by atoms with Crippen molar-refractivity contribution >= 4 is 23.4 Å². The van der Waals surface area contributed by atoms with Gasteiger partial charge in [-0.2, -0.15) is 5.10 Å². The van der Waals surface area contributed by atoms with Gasteiger partial charge in [0.25, 0.3) is 0 Å². The van der Waals surface area contributed by atoms with Crippen molar-refractivity contribution in [2.45, 2.75) is 33.1 Å². The fourth-order valence-corrected chi connectivity index (χ4v) is 3.47. The molecule has 0 radical (unpaired) electrons. The maximum atomic E-state index is 13.1. The number of aromatic nitrogens is 2. The summed E-state index contributed by atoms with van der Waals surface area (Å²) in [6.07, 6.45) is 0. The largest absolute Gasteiger partial charge is 0.495 e. The van der Waals surface area contributed by atoms with Crippen molar-refractivity contribution in [2.24, 2.45) is 0 Å². The lowest BCUT2D eigenvalue weighted by Crippen LogP contribution is -2.42. The number of ether oxygens (including phenoxy) is 2. The molecule has 1 aromatic heterocycles. The summed E-state index contributed by atoms with van der Waals surface area (Å²) in [4.78, 5) is 27.6. The topological polar surface area (TPSA) is 97.7 Å². The summed E-state index contributed by atoms with van der Waals surface area (Å²) in [5.41, 5.74) is 3.09. The predicted molar refractivity (Wildman–Crippen MR) is 141 cm³/mol. The molecule has 0 aliphatic rings. The zero-order chi connectivity index (χ0) is 26.3. The van der Waals surface area contributed by atoms with E-state index in [9.17, 15) is 9.59 Å². The number of nitrogens with one attached hydrogen (secondary N) is 2. The number of urea groups is 1. The van der Waals surface area contributed by atoms with E-state index in [0.29, 0.717) is 17.3 Å². The highest BCUT2D eigenvalue weighted by Crippen LogP contribution is 2.27. The number of carbonyl (C=O) groups excluding carboxylic acids is 2. The van der Waals surface area contributed by atoms with Crippen molar-refractivity contribution in [1.29, 1.82) is 0 Å². The summed E-state index contributed by atoms with van der Waals surface area (Å²) in [6.45, 7) is 8.55. The molecule has 192 valence electrons. The second-order valence-electron chi connectivity index (χ2n) is 9.51. The van der Waals surface area contributed by atoms with Gasteiger partial charge in [0.15, 0.2) is 0 Å². The van der Waals surface area contributed by atoms with Gasteiger partial charge in [0.05, 0.1) is 30.8 Å². The number of rotatable bonds is 9. The van der Waals surface area contributed by atoms with Crippen LogP contribution in [0.25, 0.3) is 5.69 Å². The van der Waals surface area contributed by atoms with E-state index in [2.05, 4.69) is 31.4 Å². The molecule has 9 heteroatoms. The van der Waals surface area contributed by atoms with Crippen LogP contribution >= 0.6 is 0 Å². The Hall–Kier alpha value is -3.85. The third-order valence-electron chi connectivity index (χ3n) is 5.56. The summed E-state index contributed by atoms with van der Waals surface area (Å²) in [6, 6.07) is 16.4. The number of hydrogen-bond donors (Lipinski definition) is 2. The van der Waals surface area contributed by atoms with Crippen LogP contribution in [0.15, 0.2) is 54.6 Å². The van der Waals surface area contributed by atoms with Gasteiger partial charge in [-0.1, -0.05) is 50.6 Å². The molecule has 0 saturated heterocycles. The quantitative estimate of drug-likeness (QED) is 0.454. The van der Waals surface area contributed by atoms with E-state index < -0.39 is 6.03 Å². The Bertz CT molecular complexity index is 1180. The van der Waals surface area contributed by atoms with Crippen molar-refractivity contribution in [3.63, 3.8) is 0 Å². The standard InChI is InChI=1S/C27H35N5O4/c1-19-11-13-20(14-12-19)32-24(17-23(30-32)27(2,3)4)29-25(33)18-31(15-16-35-5)26(34)28-21-9-7-8-10-22(21)36-6/h7-14,17H,15-16,18H2,1-6H3,(H,28,34)(H,29,33). The number of anilines is 2. The highest BCUT2D eigenvalue weighted by molar-refractivity contribution is 5.97. The number of amides is 3. The predicted octanol–water partition coefficient (Wildman–Crippen LogP) is 4.61. The fraction of sp³-hybridized carbons (Fsp3) is 0.370. The Morgan fingerprint density at radius 1 is 1.03 bits per heavy atom. The Labute approximate surface area is 212 Å². The van der Waals surface area contributed by atoms with Crippen LogP contribution in [0.4, 0.5) is 16.3 Å². The van der Waals surface area contributed by atoms with Gasteiger partial charge in [-0.05, 0) is 31.2 Å². The lowest BCUT2D eigenvalue weighted by Gasteiger charge is -2.23. The highest BCUT2D eigenvalue weighted by Gasteiger charge is 2.23. The molecule has 0 atom stereocenters. The van der Waals surface area contributed by atoms with Gasteiger partial charge < -0.3 is 25.0 Å². The number of nitrogens with zero attached hydrogens (tertiary/aromatic N) is 3. The van der Waals surface area contributed by atoms with Gasteiger partial charge in [-0.25, -0.2) is 9.48 Å². The number of benzene rings is 2. The van der Waals surface area contributed by atoms with Crippen molar-refractivity contribution in [3.8, 4) is 11.4 Å². The molecule has 0 spiro atoms. The minimum Gasteiger partial charge on any atom is -0.495 e. The Balaban J connectivity index is 1.81. The second-order valence-corrected chi connectivity index (χ2v) is 9.51. The lowest BCUT2D eigenvalue weighted by molar-refractivity contribution is -0.116. The van der Waals surface area contributed by atoms with Gasteiger partial charge in [-0.3, -0.25) is 4.79 Å². The van der Waals surface area contributed by atoms with Crippen LogP contribution in [-0.4, -0.2) is 60.5 Å². The first kappa shape index (κ1) is 26.7. The van der Waals surface area contributed by atoms with E-state index in [1.165, 1.54) is 12.0 Å². The molecular formula is C27H35N5O4. The van der Waals surface area contributed by atoms with Gasteiger partial charge >= 0.3 is 6.03 Å². The molecule has 3 amide bonds. The van der Waals surface area contributed by atoms with Crippen molar-refractivity contribution in [1.82, 2.24) is 14.7 Å². The zero-order valence-corrected chi connectivity index (χ0v) is 21.8. The van der Waals surface area contributed by atoms with E-state index in [4.69, 9.17) is 14.6 Å². The summed E-state index contributed by atoms with van der Waals surface area (Å²) in [5, 5.41) is 10.5. The molecule has 0 aliphatic carbocycles. The molecule has 0 bridgehead atoms. The molecule has 1 heterocycles. The van der Waals surface area contributed by atoms with Crippen LogP contribution in [0.3, 0.4) is 0 Å². The van der Waals surface area contributed by atoms with Crippen LogP contribution in [-0.2, 0) is 14.9 Å². The van der Waals surface area contributed by atoms with Gasteiger partial charge in [0, 0.05) is 25.1 Å². The first-order chi connectivity index (χ1) is 17.1. The zero-order valence-electron chi connectivity index (χ0n) is 21.8. The molecule has 0 saturated carbocycles. The summed E-state index contributed by atoms with van der Waals surface area (Å²) >= 11 is 0. The third-order valence-corrected chi connectivity index (χ3v) is 5.56. The maximum Gasteiger partial charge on any atom is 0.322 e. The lowest BCUT2D eigenvalue weighted by atomic mass is 9.92. The first-order valence-corrected chi connectivity index (χ1v) is 11.8. The molecule has 9 nitrogen and oxygen atoms in total. The molecule has 0 aliphatic heterocycles. The molecule has 3 aromatic rings. The van der Waals surface area contributed by atoms with Crippen molar-refractivity contribution in [3.05, 3.63) is 65.9 Å². The average Bonchev–Trinajstić information content (AvgIpc) is 3.26. The van der Waals surface area contributed by atoms with Crippen molar-refractivity contribution < 1.29 is 19.1 Å². The minimum atomic E-state index is -0.436. The molecular weight excluding hydrogens is 458 g/mol. The van der Waals surface area contributed by atoms with E-state index in [1.807, 2.05) is 43.3 Å². The monoisotopic (exact) mass is 493 g/mol. The molecule has 2 aromatic carbocycles. The molecule has 0 fully saturated rings. The Morgan fingerprint density at radius 2 is 1.72 bits per heavy atom. The normalized spacial score (nSPS) is 11.2. The van der Waals surface area contributed by atoms with E-state index >= 15 is 0 Å². The van der Waals surface area contributed by atoms with Crippen LogP contribution < -0.4 is 15.4 Å². The Morgan fingerprint density at radius 3 is 2.36 bits per heavy atom. The van der Waals surface area contributed by atoms with Crippen LogP contribution in [0.2, 0.25) is 0 Å². The SMILES string of the molecule is COCCN(CC(=O)Nc1cc(C(C)(C)C)nn1-c1ccc(C)cc1)C(=O)Nc1ccccc1OC. The first-order valence-electron chi connectivity index (χ1n) is 11.8. The van der Waals surface area contributed by atoms with E-state index in [0.717, 1.165) is 16.9 Å². The molecule has 2 N–H and O–H groups in total. The van der Waals surface area contributed by atoms with E-state index in [-0.39, 0.29) is 31.0 Å². The molecule has 0 unspecified atom stereocenters. The average molecular weight is 494 g/mol. The van der Waals surface area contributed by atoms with Crippen molar-refractivity contribution in [2.75, 3.05) is 44.5 Å². The van der Waals surface area contributed by atoms with Crippen LogP contribution in [0.1, 0.15) is 32.0 Å². The smallest absolute Gasteiger partial charge is 0.322 e. The molecule has 36 heavy (non-hydrogen) atoms. The molecule has 3 rings (SSSR count). The fourth-order valence-electron chi connectivity index (χ4n) is 3.47. The van der Waals surface area contributed by atoms with E-state index in [1.54, 1.807) is 30.0 Å². The summed E-state index contributed by atoms with van der Waals surface area (Å²) in [5.74, 6) is 0.708. The number of aryl methyl sites for hydroxylation is 1. The van der Waals surface area contributed by atoms with Gasteiger partial charge in [0.1, 0.15) is 18.1 Å². The van der Waals surface area contributed by atoms with Gasteiger partial charge in [-0.15, -0.1) is 0 Å². The summed E-state index contributed by atoms with van der Waals surface area (Å²) in [7, 11) is 3.08. The second kappa shape index (κ2) is 11.7. The third kappa shape index (κ3) is 6.85. The minimum absolute atomic E-state index is 0.172. The highest BCUT2D eigenvalue weighted by atomic mass is 16.5. The van der Waals surface area contributed by atoms with Crippen LogP contribution in [0, 0.1) is 6.92 Å². The number of methoxy groups -OCH3 is 2. The number of carbonyl (C=O) groups is 2. The number of para-hydroxylation sites is 2. The summed E-state index contributed by atoms with van der Waals surface area (Å²) < 4.78 is 12.2. The van der Waals surface area contributed by atoms with Crippen LogP contribution in [0.5, 0.6) is 5.75 Å². The Kier molecular flexibility index (Phi) is 8.71. The maximum absolute atomic E-state index is 13.1.